The van der Waals surface area contributed by atoms with Gasteiger partial charge in [-0.25, -0.2) is 19.9 Å². The fraction of sp³-hybridized carbons (Fsp3) is 0.290. The molecule has 770 valence electrons. The fourth-order valence-electron chi connectivity index (χ4n) is 13.4. The number of halogens is 4. The van der Waals surface area contributed by atoms with E-state index in [2.05, 4.69) is 124 Å². The first-order chi connectivity index (χ1) is 69.9. The van der Waals surface area contributed by atoms with Gasteiger partial charge in [0.25, 0.3) is 22.2 Å². The summed E-state index contributed by atoms with van der Waals surface area (Å²) >= 11 is 13.6. The van der Waals surface area contributed by atoms with E-state index < -0.39 is 84.6 Å². The van der Waals surface area contributed by atoms with Crippen LogP contribution in [-0.4, -0.2) is 187 Å². The molecule has 15 aromatic rings. The third-order valence-electron chi connectivity index (χ3n) is 21.2. The number of nitrogens with zero attached hydrogens (tertiary/aromatic N) is 12. The van der Waals surface area contributed by atoms with Gasteiger partial charge in [0.2, 0.25) is 23.8 Å². The van der Waals surface area contributed by atoms with Gasteiger partial charge < -0.3 is 83.0 Å². The van der Waals surface area contributed by atoms with Crippen molar-refractivity contribution >= 4 is 186 Å². The smallest absolute Gasteiger partial charge is 0.356 e. The lowest BCUT2D eigenvalue weighted by Gasteiger charge is -2.19. The molecule has 45 nitrogen and oxygen atoms in total. The van der Waals surface area contributed by atoms with Crippen LogP contribution in [0.5, 0.6) is 5.75 Å². The number of aromatic amines is 4. The molecule has 0 saturated heterocycles. The van der Waals surface area contributed by atoms with E-state index >= 15 is 0 Å². The molecule has 146 heavy (non-hydrogen) atoms. The summed E-state index contributed by atoms with van der Waals surface area (Å²) in [5.41, 5.74) is 29.7. The standard InChI is InChI=1S/C25H27BrN5O7P.2C24H25BrN5O6P.C20H23BrN5O6P/c1-16-6-7-18(11-21(16)35-2)20(32)13-38-39(34,37-12-17-4-3-5-19(26)10-17)15-36-9-8-31-14-28-22-23(31)29-25(27)30-24(22)33;2*1-16-5-7-18(8-6-16)20(31)13-36-37(33,35-12-17-3-2-4-19(25)11-17)15-34-10-9-30-14-27-21-22(30)28-24(26)29-23(21)32;21-15-3-1-2-13(8-15)9-31-33(29,32-10-16(27)14-4-5-14)12-30-7-6-26-11-23-17-18(26)24-20(22)25-19(17)28/h3-7,10-11,14H,8-9,12-13,15H2,1-2H3,(H3,27,29,30,33);2*2-8,11,14H,9-10,12-13,15H2,1H3,(H3,26,28,29,32);1-3,8,11,14H,4-7,9-10,12H2,(H3,22,24,25,28). The SMILES string of the molecule is COc1cc(C(=O)COP(=O)(COCCn2cnc3c(=O)[nH]c(N)nc32)OCc2cccc(Br)c2)ccc1C.Cc1ccc(C(=O)COP(=O)(COCCn2cnc3c(=O)[nH]c(N)nc32)OCc2cccc(Br)c2)cc1.Cc1ccc(C(=O)COP(=O)(COCCn2cnc3c(=O)[nH]c(N)nc32)OCc2cccc(Br)c2)cc1.Nc1nc2c(ncn2CCOCP(=O)(OCC(=O)C2CC2)OCc2cccc(Br)c2)c(=O)[nH]1. The molecule has 1 aliphatic carbocycles. The number of nitrogens with two attached hydrogens (primary N) is 4. The van der Waals surface area contributed by atoms with Crippen LogP contribution in [0.25, 0.3) is 44.7 Å². The molecule has 7 aromatic carbocycles. The highest BCUT2D eigenvalue weighted by atomic mass is 79.9. The number of ketones is 4. The second kappa shape index (κ2) is 52.5. The van der Waals surface area contributed by atoms with E-state index in [1.54, 1.807) is 60.7 Å². The van der Waals surface area contributed by atoms with Crippen molar-refractivity contribution in [2.75, 3.05) is 108 Å². The molecular weight excluding hydrogens is 2240 g/mol. The van der Waals surface area contributed by atoms with Crippen molar-refractivity contribution in [2.45, 2.75) is 86.2 Å². The van der Waals surface area contributed by atoms with Crippen LogP contribution in [0.3, 0.4) is 0 Å². The normalized spacial score (nSPS) is 13.6. The van der Waals surface area contributed by atoms with Crippen LogP contribution in [0, 0.1) is 26.7 Å². The van der Waals surface area contributed by atoms with E-state index in [0.29, 0.717) is 45.0 Å². The molecular formula is C93H100Br4N20O25P4. The number of benzene rings is 7. The molecule has 1 saturated carbocycles. The Labute approximate surface area is 865 Å². The van der Waals surface area contributed by atoms with E-state index in [1.165, 1.54) is 32.4 Å². The highest BCUT2D eigenvalue weighted by Crippen LogP contribution is 2.53. The van der Waals surface area contributed by atoms with Crippen molar-refractivity contribution in [3.8, 4) is 5.75 Å². The Morgan fingerprint density at radius 2 is 0.630 bits per heavy atom. The average Bonchev–Trinajstić information content (AvgIpc) is 1.67. The number of nitrogen functional groups attached to an aromatic ring is 4. The Balaban J connectivity index is 0.000000163. The lowest BCUT2D eigenvalue weighted by Crippen LogP contribution is -2.14. The van der Waals surface area contributed by atoms with Crippen molar-refractivity contribution in [2.24, 2.45) is 5.92 Å². The highest BCUT2D eigenvalue weighted by Gasteiger charge is 2.35. The molecule has 8 aromatic heterocycles. The number of aryl methyl sites for hydroxylation is 3. The number of hydrogen-bond acceptors (Lipinski definition) is 37. The summed E-state index contributed by atoms with van der Waals surface area (Å²) in [5.74, 6) is -0.701. The van der Waals surface area contributed by atoms with E-state index in [-0.39, 0.29) is 174 Å². The third-order valence-corrected chi connectivity index (χ3v) is 29.4. The molecule has 0 aliphatic heterocycles. The monoisotopic (exact) mass is 2340 g/mol. The van der Waals surface area contributed by atoms with Crippen LogP contribution < -0.4 is 49.9 Å². The number of Topliss-reactive ketones (excluding diaryl/α,β-unsaturated/α-hetero) is 4. The van der Waals surface area contributed by atoms with Crippen LogP contribution in [0.15, 0.2) is 226 Å². The number of ether oxygens (including phenoxy) is 5. The lowest BCUT2D eigenvalue weighted by molar-refractivity contribution is -0.122. The zero-order valence-corrected chi connectivity index (χ0v) is 88.6. The van der Waals surface area contributed by atoms with Crippen LogP contribution in [0.4, 0.5) is 23.8 Å². The number of aromatic nitrogens is 16. The van der Waals surface area contributed by atoms with E-state index in [1.807, 2.05) is 142 Å². The maximum atomic E-state index is 13.6. The van der Waals surface area contributed by atoms with Gasteiger partial charge in [0.05, 0.1) is 85.3 Å². The fourth-order valence-corrected chi connectivity index (χ4v) is 20.2. The molecule has 1 fully saturated rings. The van der Waals surface area contributed by atoms with Gasteiger partial charge in [-0.3, -0.25) is 94.6 Å². The van der Waals surface area contributed by atoms with Crippen molar-refractivity contribution in [3.63, 3.8) is 0 Å². The van der Waals surface area contributed by atoms with Crippen LogP contribution in [0.1, 0.15) is 82.9 Å². The molecule has 16 rings (SSSR count). The number of fused-ring (bicyclic) bond motifs is 4. The number of anilines is 4. The number of carbonyl (C=O) groups is 4. The summed E-state index contributed by atoms with van der Waals surface area (Å²) in [4.78, 5) is 140. The Bertz CT molecular complexity index is 7390. The van der Waals surface area contributed by atoms with Crippen LogP contribution in [-0.2, 0) is 131 Å². The number of imidazole rings is 4. The summed E-state index contributed by atoms with van der Waals surface area (Å²) in [5, 5.41) is 0. The number of methoxy groups -OCH3 is 1. The van der Waals surface area contributed by atoms with Gasteiger partial charge in [0, 0.05) is 66.7 Å². The van der Waals surface area contributed by atoms with Gasteiger partial charge in [-0.2, -0.15) is 19.9 Å². The Morgan fingerprint density at radius 1 is 0.363 bits per heavy atom. The quantitative estimate of drug-likeness (QED) is 0.00997. The first kappa shape index (κ1) is 111. The van der Waals surface area contributed by atoms with Gasteiger partial charge in [-0.15, -0.1) is 0 Å². The molecule has 12 N–H and O–H groups in total. The number of rotatable bonds is 49. The number of hydrogen-bond donors (Lipinski definition) is 8. The minimum Gasteiger partial charge on any atom is -0.496 e. The molecule has 0 radical (unpaired) electrons. The largest absolute Gasteiger partial charge is 0.496 e. The molecule has 53 heteroatoms. The first-order valence-corrected chi connectivity index (χ1v) is 54.6. The van der Waals surface area contributed by atoms with E-state index in [4.69, 9.17) is 82.8 Å². The van der Waals surface area contributed by atoms with Crippen LogP contribution in [0.2, 0.25) is 0 Å². The van der Waals surface area contributed by atoms with Crippen molar-refractivity contribution in [3.05, 3.63) is 304 Å². The van der Waals surface area contributed by atoms with Gasteiger partial charge in [0.1, 0.15) is 57.6 Å². The predicted octanol–water partition coefficient (Wildman–Crippen LogP) is 15.0. The summed E-state index contributed by atoms with van der Waals surface area (Å²) in [6.45, 7) is 5.45. The summed E-state index contributed by atoms with van der Waals surface area (Å²) in [7, 11) is -13.7. The first-order valence-electron chi connectivity index (χ1n) is 44.5. The summed E-state index contributed by atoms with van der Waals surface area (Å²) in [6.07, 6.45) is 5.93. The van der Waals surface area contributed by atoms with Gasteiger partial charge >= 0.3 is 30.4 Å². The second-order valence-corrected chi connectivity index (χ2v) is 44.1. The molecule has 4 atom stereocenters. The minimum atomic E-state index is -3.88. The minimum absolute atomic E-state index is 0.00304. The maximum absolute atomic E-state index is 13.6. The molecule has 0 spiro atoms. The Morgan fingerprint density at radius 3 is 0.897 bits per heavy atom. The Kier molecular flexibility index (Phi) is 40.0. The van der Waals surface area contributed by atoms with E-state index in [9.17, 15) is 56.6 Å². The van der Waals surface area contributed by atoms with Gasteiger partial charge in [0.15, 0.2) is 67.8 Å². The second-order valence-electron chi connectivity index (χ2n) is 32.5. The molecule has 8 heterocycles. The lowest BCUT2D eigenvalue weighted by atomic mass is 10.1. The predicted molar refractivity (Wildman–Crippen MR) is 554 cm³/mol. The van der Waals surface area contributed by atoms with Crippen molar-refractivity contribution < 1.29 is 97.3 Å². The average molecular weight is 2340 g/mol. The van der Waals surface area contributed by atoms with E-state index in [0.717, 1.165) is 69.7 Å². The third kappa shape index (κ3) is 33.0. The molecule has 0 amide bonds. The van der Waals surface area contributed by atoms with Crippen LogP contribution >= 0.6 is 94.1 Å². The number of H-pyrrole nitrogens is 4. The van der Waals surface area contributed by atoms with Gasteiger partial charge in [-0.05, 0) is 116 Å². The van der Waals surface area contributed by atoms with Gasteiger partial charge in [-0.1, -0.05) is 184 Å². The molecule has 0 bridgehead atoms. The Hall–Kier alpha value is -12.0. The number of nitrogens with one attached hydrogen (secondary N) is 4. The zero-order chi connectivity index (χ0) is 104. The number of carbonyl (C=O) groups excluding carboxylic acids is 4. The summed E-state index contributed by atoms with van der Waals surface area (Å²) in [6, 6.07) is 48.4. The zero-order valence-electron chi connectivity index (χ0n) is 78.7. The van der Waals surface area contributed by atoms with Crippen molar-refractivity contribution in [1.82, 2.24) is 78.1 Å². The highest BCUT2D eigenvalue weighted by molar-refractivity contribution is 9.11. The van der Waals surface area contributed by atoms with Crippen molar-refractivity contribution in [1.29, 1.82) is 0 Å². The molecule has 1 aliphatic rings. The molecule has 4 unspecified atom stereocenters. The maximum Gasteiger partial charge on any atom is 0.356 e. The summed E-state index contributed by atoms with van der Waals surface area (Å²) < 4.78 is 136. The topological polar surface area (TPSA) is 615 Å².